The summed E-state index contributed by atoms with van der Waals surface area (Å²) in [5, 5.41) is 4.37. The minimum atomic E-state index is -0.111. The molecular formula is C18H24N2O. The van der Waals surface area contributed by atoms with E-state index >= 15 is 0 Å². The van der Waals surface area contributed by atoms with Crippen LogP contribution in [0.4, 0.5) is 0 Å². The molecule has 2 fully saturated rings. The van der Waals surface area contributed by atoms with Gasteiger partial charge in [-0.15, -0.1) is 0 Å². The largest absolute Gasteiger partial charge is 0.271 e. The molecule has 1 amide bonds. The average molecular weight is 284 g/mol. The number of hydrazone groups is 1. The number of aryl methyl sites for hydroxylation is 2. The molecule has 2 aliphatic carbocycles. The Morgan fingerprint density at radius 1 is 1.19 bits per heavy atom. The van der Waals surface area contributed by atoms with Crippen molar-refractivity contribution in [2.75, 3.05) is 0 Å². The van der Waals surface area contributed by atoms with Crippen LogP contribution in [0.2, 0.25) is 0 Å². The molecule has 112 valence electrons. The maximum absolute atomic E-state index is 12.2. The second kappa shape index (κ2) is 5.63. The van der Waals surface area contributed by atoms with Crippen molar-refractivity contribution in [1.29, 1.82) is 0 Å². The highest BCUT2D eigenvalue weighted by molar-refractivity contribution is 5.95. The number of rotatable bonds is 3. The Morgan fingerprint density at radius 3 is 2.62 bits per heavy atom. The number of hydrogen-bond donors (Lipinski definition) is 1. The van der Waals surface area contributed by atoms with Gasteiger partial charge in [0.1, 0.15) is 0 Å². The summed E-state index contributed by atoms with van der Waals surface area (Å²) in [4.78, 5) is 12.2. The van der Waals surface area contributed by atoms with E-state index in [-0.39, 0.29) is 5.91 Å². The Bertz CT molecular complexity index is 591. The summed E-state index contributed by atoms with van der Waals surface area (Å²) in [6, 6.07) is 5.77. The highest BCUT2D eigenvalue weighted by atomic mass is 16.2. The Balaban J connectivity index is 1.64. The van der Waals surface area contributed by atoms with Gasteiger partial charge in [0.2, 0.25) is 0 Å². The van der Waals surface area contributed by atoms with E-state index in [1.165, 1.54) is 31.2 Å². The zero-order valence-corrected chi connectivity index (χ0v) is 13.1. The van der Waals surface area contributed by atoms with Crippen molar-refractivity contribution in [2.45, 2.75) is 46.5 Å². The number of fused-ring (bicyclic) bond motifs is 2. The number of carbonyl (C=O) groups excluding carboxylic acids is 1. The maximum atomic E-state index is 12.2. The Morgan fingerprint density at radius 2 is 2.00 bits per heavy atom. The number of benzene rings is 1. The predicted octanol–water partition coefficient (Wildman–Crippen LogP) is 3.85. The SMILES string of the molecule is C/C(=N\NC(=O)c1ccc(C)c(C)c1)C1CC2CCC1C2. The van der Waals surface area contributed by atoms with E-state index in [4.69, 9.17) is 0 Å². The molecule has 2 aliphatic rings. The number of nitrogens with zero attached hydrogens (tertiary/aromatic N) is 1. The zero-order valence-electron chi connectivity index (χ0n) is 13.1. The molecule has 0 saturated heterocycles. The first-order chi connectivity index (χ1) is 10.0. The highest BCUT2D eigenvalue weighted by Gasteiger charge is 2.40. The van der Waals surface area contributed by atoms with Crippen molar-refractivity contribution in [3.05, 3.63) is 34.9 Å². The van der Waals surface area contributed by atoms with Crippen LogP contribution in [0, 0.1) is 31.6 Å². The van der Waals surface area contributed by atoms with E-state index in [1.54, 1.807) is 0 Å². The van der Waals surface area contributed by atoms with E-state index < -0.39 is 0 Å². The first-order valence-electron chi connectivity index (χ1n) is 7.96. The molecule has 1 aromatic rings. The molecule has 0 spiro atoms. The normalized spacial score (nSPS) is 28.0. The summed E-state index contributed by atoms with van der Waals surface area (Å²) in [5.41, 5.74) is 6.85. The van der Waals surface area contributed by atoms with Crippen molar-refractivity contribution >= 4 is 11.6 Å². The maximum Gasteiger partial charge on any atom is 0.271 e. The molecular weight excluding hydrogens is 260 g/mol. The number of nitrogens with one attached hydrogen (secondary N) is 1. The average Bonchev–Trinajstić information content (AvgIpc) is 3.10. The van der Waals surface area contributed by atoms with Crippen molar-refractivity contribution in [2.24, 2.45) is 22.9 Å². The molecule has 2 bridgehead atoms. The summed E-state index contributed by atoms with van der Waals surface area (Å²) in [6.45, 7) is 6.14. The molecule has 21 heavy (non-hydrogen) atoms. The highest BCUT2D eigenvalue weighted by Crippen LogP contribution is 2.48. The Hall–Kier alpha value is -1.64. The van der Waals surface area contributed by atoms with E-state index in [0.29, 0.717) is 11.5 Å². The van der Waals surface area contributed by atoms with E-state index in [9.17, 15) is 4.79 Å². The van der Waals surface area contributed by atoms with Crippen LogP contribution in [0.15, 0.2) is 23.3 Å². The zero-order chi connectivity index (χ0) is 15.0. The van der Waals surface area contributed by atoms with Gasteiger partial charge in [-0.05, 0) is 75.1 Å². The summed E-state index contributed by atoms with van der Waals surface area (Å²) in [5.74, 6) is 2.18. The number of carbonyl (C=O) groups is 1. The van der Waals surface area contributed by atoms with Crippen LogP contribution in [0.25, 0.3) is 0 Å². The molecule has 3 atom stereocenters. The van der Waals surface area contributed by atoms with Crippen LogP contribution >= 0.6 is 0 Å². The second-order valence-electron chi connectivity index (χ2n) is 6.77. The lowest BCUT2D eigenvalue weighted by Gasteiger charge is -2.21. The van der Waals surface area contributed by atoms with Gasteiger partial charge in [0.15, 0.2) is 0 Å². The summed E-state index contributed by atoms with van der Waals surface area (Å²) in [6.07, 6.45) is 5.36. The van der Waals surface area contributed by atoms with Gasteiger partial charge in [0, 0.05) is 17.2 Å². The van der Waals surface area contributed by atoms with Gasteiger partial charge in [0.25, 0.3) is 5.91 Å². The van der Waals surface area contributed by atoms with Crippen molar-refractivity contribution in [3.63, 3.8) is 0 Å². The van der Waals surface area contributed by atoms with E-state index in [1.807, 2.05) is 25.1 Å². The van der Waals surface area contributed by atoms with Crippen molar-refractivity contribution < 1.29 is 4.79 Å². The van der Waals surface area contributed by atoms with Crippen LogP contribution in [-0.4, -0.2) is 11.6 Å². The standard InChI is InChI=1S/C18H24N2O/c1-11-4-6-16(8-12(11)2)18(21)20-19-13(3)17-10-14-5-7-15(17)9-14/h4,6,8,14-15,17H,5,7,9-10H2,1-3H3,(H,20,21)/b19-13+. The van der Waals surface area contributed by atoms with Crippen LogP contribution in [0.5, 0.6) is 0 Å². The van der Waals surface area contributed by atoms with Gasteiger partial charge in [-0.25, -0.2) is 5.43 Å². The molecule has 0 aliphatic heterocycles. The van der Waals surface area contributed by atoms with Gasteiger partial charge < -0.3 is 0 Å². The lowest BCUT2D eigenvalue weighted by Crippen LogP contribution is -2.24. The van der Waals surface area contributed by atoms with E-state index in [0.717, 1.165) is 23.1 Å². The van der Waals surface area contributed by atoms with Gasteiger partial charge in [-0.2, -0.15) is 5.10 Å². The quantitative estimate of drug-likeness (QED) is 0.665. The van der Waals surface area contributed by atoms with Crippen LogP contribution in [0.1, 0.15) is 54.1 Å². The monoisotopic (exact) mass is 284 g/mol. The summed E-state index contributed by atoms with van der Waals surface area (Å²) >= 11 is 0. The predicted molar refractivity (Wildman–Crippen MR) is 85.4 cm³/mol. The molecule has 3 nitrogen and oxygen atoms in total. The number of amides is 1. The smallest absolute Gasteiger partial charge is 0.267 e. The topological polar surface area (TPSA) is 41.5 Å². The second-order valence-corrected chi connectivity index (χ2v) is 6.77. The molecule has 3 rings (SSSR count). The first kappa shape index (κ1) is 14.3. The third kappa shape index (κ3) is 2.87. The van der Waals surface area contributed by atoms with Crippen molar-refractivity contribution in [1.82, 2.24) is 5.43 Å². The van der Waals surface area contributed by atoms with Crippen LogP contribution in [0.3, 0.4) is 0 Å². The van der Waals surface area contributed by atoms with Crippen LogP contribution in [-0.2, 0) is 0 Å². The molecule has 3 unspecified atom stereocenters. The fourth-order valence-corrected chi connectivity index (χ4v) is 3.93. The third-order valence-electron chi connectivity index (χ3n) is 5.38. The van der Waals surface area contributed by atoms with Gasteiger partial charge in [-0.1, -0.05) is 12.5 Å². The van der Waals surface area contributed by atoms with Gasteiger partial charge in [0.05, 0.1) is 0 Å². The fourth-order valence-electron chi connectivity index (χ4n) is 3.93. The van der Waals surface area contributed by atoms with Gasteiger partial charge in [-0.3, -0.25) is 4.79 Å². The summed E-state index contributed by atoms with van der Waals surface area (Å²) in [7, 11) is 0. The molecule has 0 heterocycles. The third-order valence-corrected chi connectivity index (χ3v) is 5.38. The lowest BCUT2D eigenvalue weighted by molar-refractivity contribution is 0.0954. The lowest BCUT2D eigenvalue weighted by atomic mass is 9.86. The Labute approximate surface area is 126 Å². The first-order valence-corrected chi connectivity index (χ1v) is 7.96. The molecule has 3 heteroatoms. The van der Waals surface area contributed by atoms with Crippen molar-refractivity contribution in [3.8, 4) is 0 Å². The molecule has 1 aromatic carbocycles. The molecule has 1 N–H and O–H groups in total. The van der Waals surface area contributed by atoms with Gasteiger partial charge >= 0.3 is 0 Å². The summed E-state index contributed by atoms with van der Waals surface area (Å²) < 4.78 is 0. The fraction of sp³-hybridized carbons (Fsp3) is 0.556. The minimum Gasteiger partial charge on any atom is -0.267 e. The number of hydrogen-bond acceptors (Lipinski definition) is 2. The molecule has 0 radical (unpaired) electrons. The molecule has 0 aromatic heterocycles. The van der Waals surface area contributed by atoms with E-state index in [2.05, 4.69) is 24.4 Å². The Kier molecular flexibility index (Phi) is 3.83. The van der Waals surface area contributed by atoms with Crippen LogP contribution < -0.4 is 5.43 Å². The minimum absolute atomic E-state index is 0.111. The molecule has 2 saturated carbocycles.